The summed E-state index contributed by atoms with van der Waals surface area (Å²) in [5.74, 6) is -1.54. The van der Waals surface area contributed by atoms with E-state index in [2.05, 4.69) is 34.3 Å². The fraction of sp³-hybridized carbons (Fsp3) is 0.100. The Labute approximate surface area is 223 Å². The van der Waals surface area contributed by atoms with Crippen molar-refractivity contribution in [3.63, 3.8) is 0 Å². The predicted molar refractivity (Wildman–Crippen MR) is 152 cm³/mol. The molecular weight excluding hydrogens is 498 g/mol. The Hall–Kier alpha value is -4.56. The molecule has 0 unspecified atom stereocenters. The van der Waals surface area contributed by atoms with E-state index < -0.39 is 11.9 Å². The molecule has 5 rings (SSSR count). The van der Waals surface area contributed by atoms with E-state index in [1.807, 2.05) is 42.5 Å². The number of carboxylic acid groups (broad SMARTS) is 1. The monoisotopic (exact) mass is 523 g/mol. The molecule has 190 valence electrons. The minimum atomic E-state index is -1.16. The summed E-state index contributed by atoms with van der Waals surface area (Å²) >= 11 is 1.39. The number of aromatic nitrogens is 1. The van der Waals surface area contributed by atoms with Crippen molar-refractivity contribution in [2.75, 3.05) is 16.4 Å². The second kappa shape index (κ2) is 10.8. The first-order chi connectivity index (χ1) is 18.4. The molecule has 0 aliphatic rings. The molecule has 0 saturated heterocycles. The summed E-state index contributed by atoms with van der Waals surface area (Å²) in [6.07, 6.45) is 0. The van der Waals surface area contributed by atoms with Gasteiger partial charge in [0.15, 0.2) is 0 Å². The number of nitrogens with one attached hydrogen (secondary N) is 2. The highest BCUT2D eigenvalue weighted by molar-refractivity contribution is 8.00. The largest absolute Gasteiger partial charge is 0.478 e. The van der Waals surface area contributed by atoms with Crippen LogP contribution in [0, 0.1) is 0 Å². The molecule has 5 aromatic rings. The van der Waals surface area contributed by atoms with E-state index in [-0.39, 0.29) is 22.8 Å². The fourth-order valence-corrected chi connectivity index (χ4v) is 5.22. The summed E-state index contributed by atoms with van der Waals surface area (Å²) < 4.78 is 2.27. The lowest BCUT2D eigenvalue weighted by atomic mass is 10.1. The zero-order valence-electron chi connectivity index (χ0n) is 20.6. The van der Waals surface area contributed by atoms with Gasteiger partial charge in [0, 0.05) is 44.6 Å². The van der Waals surface area contributed by atoms with Crippen LogP contribution >= 0.6 is 11.8 Å². The first kappa shape index (κ1) is 25.1. The number of carboxylic acids is 1. The maximum Gasteiger partial charge on any atom is 0.336 e. The molecule has 2 amide bonds. The summed E-state index contributed by atoms with van der Waals surface area (Å²) in [5, 5.41) is 17.3. The van der Waals surface area contributed by atoms with Crippen molar-refractivity contribution in [3.8, 4) is 0 Å². The Morgan fingerprint density at radius 2 is 1.42 bits per heavy atom. The van der Waals surface area contributed by atoms with Crippen LogP contribution in [0.4, 0.5) is 11.4 Å². The second-order valence-electron chi connectivity index (χ2n) is 8.66. The molecule has 0 aliphatic carbocycles. The predicted octanol–water partition coefficient (Wildman–Crippen LogP) is 6.50. The molecule has 0 spiro atoms. The van der Waals surface area contributed by atoms with E-state index in [0.29, 0.717) is 5.69 Å². The molecule has 0 saturated carbocycles. The second-order valence-corrected chi connectivity index (χ2v) is 9.71. The number of anilines is 2. The van der Waals surface area contributed by atoms with E-state index in [1.165, 1.54) is 29.4 Å². The van der Waals surface area contributed by atoms with Gasteiger partial charge in [-0.25, -0.2) is 4.79 Å². The number of aryl methyl sites for hydroxylation is 1. The van der Waals surface area contributed by atoms with Crippen LogP contribution in [0.2, 0.25) is 0 Å². The molecule has 0 bridgehead atoms. The van der Waals surface area contributed by atoms with Crippen molar-refractivity contribution in [3.05, 3.63) is 102 Å². The standard InChI is InChI=1S/C30H25N3O4S/c1-2-33-26-10-6-5-7-22(26)25-17-20(13-16-27(25)33)31-28(34)18-38-21-14-11-19(12-15-21)32-29(35)23-8-3-4-9-24(23)30(36)37/h3-17H,2,18H2,1H3,(H,31,34)(H,32,35)(H,36,37). The molecule has 0 aliphatic heterocycles. The van der Waals surface area contributed by atoms with Crippen molar-refractivity contribution in [1.82, 2.24) is 4.57 Å². The highest BCUT2D eigenvalue weighted by atomic mass is 32.2. The summed E-state index contributed by atoms with van der Waals surface area (Å²) in [5.41, 5.74) is 3.63. The maximum absolute atomic E-state index is 12.7. The van der Waals surface area contributed by atoms with Gasteiger partial charge < -0.3 is 20.3 Å². The Bertz CT molecular complexity index is 1670. The zero-order chi connectivity index (χ0) is 26.6. The topological polar surface area (TPSA) is 100 Å². The number of benzene rings is 4. The number of carbonyl (C=O) groups is 3. The number of rotatable bonds is 8. The van der Waals surface area contributed by atoms with Crippen LogP contribution < -0.4 is 10.6 Å². The summed E-state index contributed by atoms with van der Waals surface area (Å²) in [4.78, 5) is 37.5. The van der Waals surface area contributed by atoms with Gasteiger partial charge in [0.25, 0.3) is 5.91 Å². The number of hydrogen-bond acceptors (Lipinski definition) is 4. The lowest BCUT2D eigenvalue weighted by Gasteiger charge is -2.09. The van der Waals surface area contributed by atoms with Crippen LogP contribution in [0.25, 0.3) is 21.8 Å². The third-order valence-electron chi connectivity index (χ3n) is 6.26. The van der Waals surface area contributed by atoms with Crippen LogP contribution in [0.5, 0.6) is 0 Å². The van der Waals surface area contributed by atoms with Crippen molar-refractivity contribution in [2.45, 2.75) is 18.4 Å². The molecule has 1 aromatic heterocycles. The Morgan fingerprint density at radius 1 is 0.763 bits per heavy atom. The van der Waals surface area contributed by atoms with Gasteiger partial charge in [-0.15, -0.1) is 11.8 Å². The quantitative estimate of drug-likeness (QED) is 0.202. The third-order valence-corrected chi connectivity index (χ3v) is 7.27. The van der Waals surface area contributed by atoms with E-state index in [1.54, 1.807) is 24.3 Å². The third kappa shape index (κ3) is 5.12. The molecule has 38 heavy (non-hydrogen) atoms. The van der Waals surface area contributed by atoms with E-state index >= 15 is 0 Å². The number of carbonyl (C=O) groups excluding carboxylic acids is 2. The van der Waals surface area contributed by atoms with Gasteiger partial charge in [-0.3, -0.25) is 9.59 Å². The Balaban J connectivity index is 1.21. The van der Waals surface area contributed by atoms with E-state index in [4.69, 9.17) is 0 Å². The molecule has 1 heterocycles. The van der Waals surface area contributed by atoms with Crippen molar-refractivity contribution < 1.29 is 19.5 Å². The van der Waals surface area contributed by atoms with E-state index in [9.17, 15) is 19.5 Å². The van der Waals surface area contributed by atoms with Crippen molar-refractivity contribution in [1.29, 1.82) is 0 Å². The van der Waals surface area contributed by atoms with Crippen LogP contribution in [0.15, 0.2) is 95.9 Å². The fourth-order valence-electron chi connectivity index (χ4n) is 4.52. The smallest absolute Gasteiger partial charge is 0.336 e. The molecule has 0 fully saturated rings. The SMILES string of the molecule is CCn1c2ccccc2c2cc(NC(=O)CSc3ccc(NC(=O)c4ccccc4C(=O)O)cc3)ccc21. The van der Waals surface area contributed by atoms with Gasteiger partial charge >= 0.3 is 5.97 Å². The number of hydrogen-bond donors (Lipinski definition) is 3. The maximum atomic E-state index is 12.7. The lowest BCUT2D eigenvalue weighted by molar-refractivity contribution is -0.113. The minimum absolute atomic E-state index is 0.0570. The lowest BCUT2D eigenvalue weighted by Crippen LogP contribution is -2.16. The first-order valence-electron chi connectivity index (χ1n) is 12.1. The van der Waals surface area contributed by atoms with Crippen molar-refractivity contribution >= 4 is 62.7 Å². The highest BCUT2D eigenvalue weighted by Crippen LogP contribution is 2.31. The van der Waals surface area contributed by atoms with E-state index in [0.717, 1.165) is 33.4 Å². The number of nitrogens with zero attached hydrogens (tertiary/aromatic N) is 1. The average molecular weight is 524 g/mol. The summed E-state index contributed by atoms with van der Waals surface area (Å²) in [6, 6.07) is 27.4. The van der Waals surface area contributed by atoms with Gasteiger partial charge in [-0.2, -0.15) is 0 Å². The number of fused-ring (bicyclic) bond motifs is 3. The van der Waals surface area contributed by atoms with Crippen LogP contribution in [-0.4, -0.2) is 33.2 Å². The molecule has 8 heteroatoms. The van der Waals surface area contributed by atoms with Crippen LogP contribution in [-0.2, 0) is 11.3 Å². The van der Waals surface area contributed by atoms with Gasteiger partial charge in [0.05, 0.1) is 16.9 Å². The van der Waals surface area contributed by atoms with Gasteiger partial charge in [0.1, 0.15) is 0 Å². The van der Waals surface area contributed by atoms with Gasteiger partial charge in [-0.1, -0.05) is 30.3 Å². The molecule has 3 N–H and O–H groups in total. The number of aromatic carboxylic acids is 1. The Kier molecular flexibility index (Phi) is 7.15. The zero-order valence-corrected chi connectivity index (χ0v) is 21.4. The molecule has 7 nitrogen and oxygen atoms in total. The van der Waals surface area contributed by atoms with Gasteiger partial charge in [-0.05, 0) is 67.6 Å². The number of para-hydroxylation sites is 1. The molecule has 0 radical (unpaired) electrons. The molecular formula is C30H25N3O4S. The summed E-state index contributed by atoms with van der Waals surface area (Å²) in [7, 11) is 0. The first-order valence-corrected chi connectivity index (χ1v) is 13.1. The minimum Gasteiger partial charge on any atom is -0.478 e. The van der Waals surface area contributed by atoms with Crippen molar-refractivity contribution in [2.24, 2.45) is 0 Å². The normalized spacial score (nSPS) is 11.0. The summed E-state index contributed by atoms with van der Waals surface area (Å²) in [6.45, 7) is 2.99. The van der Waals surface area contributed by atoms with Gasteiger partial charge in [0.2, 0.25) is 5.91 Å². The number of amides is 2. The van der Waals surface area contributed by atoms with Crippen LogP contribution in [0.3, 0.4) is 0 Å². The molecule has 4 aromatic carbocycles. The molecule has 0 atom stereocenters. The van der Waals surface area contributed by atoms with Crippen LogP contribution in [0.1, 0.15) is 27.6 Å². The Morgan fingerprint density at radius 3 is 2.16 bits per heavy atom. The number of thioether (sulfide) groups is 1. The highest BCUT2D eigenvalue weighted by Gasteiger charge is 2.16. The average Bonchev–Trinajstić information content (AvgIpc) is 3.25.